The van der Waals surface area contributed by atoms with E-state index in [2.05, 4.69) is 0 Å². The second-order valence-electron chi connectivity index (χ2n) is 4.74. The van der Waals surface area contributed by atoms with Crippen LogP contribution < -0.4 is 0 Å². The number of amides is 1. The Kier molecular flexibility index (Phi) is 4.17. The molecule has 1 fully saturated rings. The minimum atomic E-state index is -0.495. The van der Waals surface area contributed by atoms with Crippen molar-refractivity contribution in [3.63, 3.8) is 0 Å². The molecule has 0 aliphatic carbocycles. The van der Waals surface area contributed by atoms with Gasteiger partial charge in [0, 0.05) is 27.3 Å². The highest BCUT2D eigenvalue weighted by atomic mass is 19.1. The number of hydrogen-bond donors (Lipinski definition) is 0. The quantitative estimate of drug-likeness (QED) is 0.835. The van der Waals surface area contributed by atoms with Gasteiger partial charge in [-0.05, 0) is 19.1 Å². The molecule has 0 N–H and O–H groups in total. The van der Waals surface area contributed by atoms with E-state index in [1.807, 2.05) is 6.92 Å². The minimum Gasteiger partial charge on any atom is -0.377 e. The predicted molar refractivity (Wildman–Crippen MR) is 68.6 cm³/mol. The molecule has 1 heterocycles. The maximum atomic E-state index is 13.7. The second-order valence-corrected chi connectivity index (χ2v) is 4.74. The van der Waals surface area contributed by atoms with Crippen LogP contribution in [0.5, 0.6) is 0 Å². The van der Waals surface area contributed by atoms with E-state index >= 15 is 0 Å². The zero-order chi connectivity index (χ0) is 14.0. The number of likely N-dealkylation sites (tertiary alicyclic amines) is 1. The molecule has 1 saturated heterocycles. The minimum absolute atomic E-state index is 0.103. The molecule has 5 heteroatoms. The number of nitrogens with zero attached hydrogens (tertiary/aromatic N) is 1. The summed E-state index contributed by atoms with van der Waals surface area (Å²) in [6, 6.07) is 4.53. The summed E-state index contributed by atoms with van der Waals surface area (Å²) in [5.74, 6) is -0.812. The van der Waals surface area contributed by atoms with Crippen LogP contribution in [0.1, 0.15) is 15.9 Å². The largest absolute Gasteiger partial charge is 0.377 e. The van der Waals surface area contributed by atoms with Crippen LogP contribution >= 0.6 is 0 Å². The number of carbonyl (C=O) groups excluding carboxylic acids is 1. The molecule has 1 aliphatic heterocycles. The van der Waals surface area contributed by atoms with Gasteiger partial charge in [0.25, 0.3) is 5.91 Å². The third-order valence-electron chi connectivity index (χ3n) is 3.46. The summed E-state index contributed by atoms with van der Waals surface area (Å²) >= 11 is 0. The molecule has 2 unspecified atom stereocenters. The second kappa shape index (κ2) is 5.67. The third-order valence-corrected chi connectivity index (χ3v) is 3.46. The zero-order valence-electron chi connectivity index (χ0n) is 11.4. The van der Waals surface area contributed by atoms with E-state index in [0.29, 0.717) is 13.1 Å². The van der Waals surface area contributed by atoms with Crippen LogP contribution in [0.3, 0.4) is 0 Å². The Balaban J connectivity index is 2.19. The van der Waals surface area contributed by atoms with Gasteiger partial charge in [-0.1, -0.05) is 11.6 Å². The van der Waals surface area contributed by atoms with E-state index in [-0.39, 0.29) is 23.7 Å². The number of benzene rings is 1. The first-order valence-electron chi connectivity index (χ1n) is 6.17. The van der Waals surface area contributed by atoms with Crippen molar-refractivity contribution in [2.75, 3.05) is 27.3 Å². The SMILES string of the molecule is COC1CN(C(=O)c2cc(C)ccc2F)CC1OC. The van der Waals surface area contributed by atoms with Crippen LogP contribution in [0.15, 0.2) is 18.2 Å². The number of ether oxygens (including phenoxy) is 2. The summed E-state index contributed by atoms with van der Waals surface area (Å²) in [5, 5.41) is 0. The van der Waals surface area contributed by atoms with Crippen molar-refractivity contribution < 1.29 is 18.7 Å². The predicted octanol–water partition coefficient (Wildman–Crippen LogP) is 1.62. The Bertz CT molecular complexity index is 466. The highest BCUT2D eigenvalue weighted by molar-refractivity contribution is 5.95. The van der Waals surface area contributed by atoms with Crippen LogP contribution in [-0.2, 0) is 9.47 Å². The molecule has 1 aliphatic rings. The lowest BCUT2D eigenvalue weighted by Crippen LogP contribution is -2.30. The van der Waals surface area contributed by atoms with Crippen molar-refractivity contribution in [3.8, 4) is 0 Å². The number of halogens is 1. The summed E-state index contributed by atoms with van der Waals surface area (Å²) in [4.78, 5) is 13.9. The summed E-state index contributed by atoms with van der Waals surface area (Å²) in [6.45, 7) is 2.67. The Hall–Kier alpha value is -1.46. The standard InChI is InChI=1S/C14H18FNO3/c1-9-4-5-11(15)10(6-9)14(17)16-7-12(18-2)13(8-16)19-3/h4-6,12-13H,7-8H2,1-3H3. The lowest BCUT2D eigenvalue weighted by Gasteiger charge is -2.16. The van der Waals surface area contributed by atoms with Crippen molar-refractivity contribution in [1.29, 1.82) is 0 Å². The number of carbonyl (C=O) groups is 1. The Morgan fingerprint density at radius 1 is 1.26 bits per heavy atom. The smallest absolute Gasteiger partial charge is 0.257 e. The van der Waals surface area contributed by atoms with Crippen molar-refractivity contribution >= 4 is 5.91 Å². The maximum Gasteiger partial charge on any atom is 0.257 e. The van der Waals surface area contributed by atoms with Gasteiger partial charge in [0.05, 0.1) is 5.56 Å². The van der Waals surface area contributed by atoms with E-state index in [0.717, 1.165) is 5.56 Å². The van der Waals surface area contributed by atoms with Gasteiger partial charge in [-0.2, -0.15) is 0 Å². The summed E-state index contributed by atoms with van der Waals surface area (Å²) < 4.78 is 24.3. The molecule has 2 rings (SSSR count). The van der Waals surface area contributed by atoms with Crippen LogP contribution in [-0.4, -0.2) is 50.3 Å². The molecule has 0 aromatic heterocycles. The lowest BCUT2D eigenvalue weighted by molar-refractivity contribution is -0.00461. The molecule has 0 radical (unpaired) electrons. The van der Waals surface area contributed by atoms with Crippen LogP contribution in [0, 0.1) is 12.7 Å². The first-order chi connectivity index (χ1) is 9.06. The fourth-order valence-corrected chi connectivity index (χ4v) is 2.34. The molecule has 4 nitrogen and oxygen atoms in total. The summed E-state index contributed by atoms with van der Waals surface area (Å²) in [7, 11) is 3.16. The highest BCUT2D eigenvalue weighted by Crippen LogP contribution is 2.20. The number of rotatable bonds is 3. The monoisotopic (exact) mass is 267 g/mol. The first kappa shape index (κ1) is 14.0. The average molecular weight is 267 g/mol. The van der Waals surface area contributed by atoms with Gasteiger partial charge >= 0.3 is 0 Å². The summed E-state index contributed by atoms with van der Waals surface area (Å²) in [6.07, 6.45) is -0.330. The molecule has 1 aromatic carbocycles. The molecular formula is C14H18FNO3. The number of hydrogen-bond acceptors (Lipinski definition) is 3. The van der Waals surface area contributed by atoms with Crippen molar-refractivity contribution in [1.82, 2.24) is 4.90 Å². The van der Waals surface area contributed by atoms with E-state index < -0.39 is 5.82 Å². The molecule has 1 amide bonds. The fourth-order valence-electron chi connectivity index (χ4n) is 2.34. The van der Waals surface area contributed by atoms with Crippen LogP contribution in [0.4, 0.5) is 4.39 Å². The Morgan fingerprint density at radius 2 is 1.84 bits per heavy atom. The molecule has 0 spiro atoms. The molecule has 0 saturated carbocycles. The molecule has 19 heavy (non-hydrogen) atoms. The molecule has 1 aromatic rings. The van der Waals surface area contributed by atoms with E-state index in [4.69, 9.17) is 9.47 Å². The highest BCUT2D eigenvalue weighted by Gasteiger charge is 2.36. The van der Waals surface area contributed by atoms with Crippen LogP contribution in [0.2, 0.25) is 0 Å². The van der Waals surface area contributed by atoms with Gasteiger partial charge in [-0.25, -0.2) is 4.39 Å². The van der Waals surface area contributed by atoms with Gasteiger partial charge in [-0.15, -0.1) is 0 Å². The molecular weight excluding hydrogens is 249 g/mol. The molecule has 2 atom stereocenters. The zero-order valence-corrected chi connectivity index (χ0v) is 11.4. The molecule has 104 valence electrons. The normalized spacial score (nSPS) is 22.8. The van der Waals surface area contributed by atoms with E-state index in [9.17, 15) is 9.18 Å². The van der Waals surface area contributed by atoms with Gasteiger partial charge in [-0.3, -0.25) is 4.79 Å². The van der Waals surface area contributed by atoms with Gasteiger partial charge in [0.2, 0.25) is 0 Å². The van der Waals surface area contributed by atoms with Gasteiger partial charge in [0.15, 0.2) is 0 Å². The number of methoxy groups -OCH3 is 2. The van der Waals surface area contributed by atoms with E-state index in [1.165, 1.54) is 6.07 Å². The number of aryl methyl sites for hydroxylation is 1. The van der Waals surface area contributed by atoms with Crippen molar-refractivity contribution in [3.05, 3.63) is 35.1 Å². The summed E-state index contributed by atoms with van der Waals surface area (Å²) in [5.41, 5.74) is 0.960. The maximum absolute atomic E-state index is 13.7. The van der Waals surface area contributed by atoms with E-state index in [1.54, 1.807) is 31.3 Å². The van der Waals surface area contributed by atoms with Gasteiger partial charge < -0.3 is 14.4 Å². The Labute approximate surface area is 112 Å². The fraction of sp³-hybridized carbons (Fsp3) is 0.500. The Morgan fingerprint density at radius 3 is 2.37 bits per heavy atom. The lowest BCUT2D eigenvalue weighted by atomic mass is 10.1. The topological polar surface area (TPSA) is 38.8 Å². The third kappa shape index (κ3) is 2.77. The van der Waals surface area contributed by atoms with Crippen molar-refractivity contribution in [2.24, 2.45) is 0 Å². The van der Waals surface area contributed by atoms with Crippen LogP contribution in [0.25, 0.3) is 0 Å². The van der Waals surface area contributed by atoms with Crippen molar-refractivity contribution in [2.45, 2.75) is 19.1 Å². The average Bonchev–Trinajstić information content (AvgIpc) is 2.84. The first-order valence-corrected chi connectivity index (χ1v) is 6.17. The van der Waals surface area contributed by atoms with Gasteiger partial charge in [0.1, 0.15) is 18.0 Å². The molecule has 0 bridgehead atoms.